The lowest BCUT2D eigenvalue weighted by molar-refractivity contribution is -0.162. The minimum Gasteiger partial charge on any atom is -0.480 e. The standard InChI is InChI=1S/C11H17N3O4.C8H13NO4.C3H4N2/c1-11(2,3)18-10(17)13-8(9(15)16)7-14-6-4-5-12-14;1-8(2,3)13-7(11)9-5-4-12-6(5)10;1-2-4-5-3-1/h4-6,8H,7H2,1-3H3,(H,13,17)(H,15,16);5H,4H2,1-3H3,(H,9,11);1-3H,(H,4,5)/t8-;;/m0../s1. The number of nitrogens with zero attached hydrogens (tertiary/aromatic N) is 3. The number of carboxylic acids is 1. The number of alkyl carbamates (subject to hydrolysis) is 2. The van der Waals surface area contributed by atoms with Gasteiger partial charge in [-0.25, -0.2) is 19.2 Å². The first-order valence-corrected chi connectivity index (χ1v) is 11.0. The molecule has 1 saturated heterocycles. The molecule has 0 aliphatic carbocycles. The first-order chi connectivity index (χ1) is 16.7. The van der Waals surface area contributed by atoms with Gasteiger partial charge in [-0.2, -0.15) is 10.2 Å². The molecule has 0 saturated carbocycles. The van der Waals surface area contributed by atoms with Gasteiger partial charge in [0.25, 0.3) is 0 Å². The monoisotopic (exact) mass is 510 g/mol. The molecule has 0 spiro atoms. The van der Waals surface area contributed by atoms with E-state index in [1.54, 1.807) is 66.2 Å². The summed E-state index contributed by atoms with van der Waals surface area (Å²) in [5, 5.41) is 23.8. The molecule has 2 amide bonds. The van der Waals surface area contributed by atoms with E-state index < -0.39 is 47.4 Å². The Morgan fingerprint density at radius 2 is 1.78 bits per heavy atom. The van der Waals surface area contributed by atoms with Gasteiger partial charge < -0.3 is 30.0 Å². The van der Waals surface area contributed by atoms with Gasteiger partial charge in [0.1, 0.15) is 23.9 Å². The SMILES string of the molecule is CC(C)(C)OC(=O)NC1COC1=O.CC(C)(C)OC(=O)N[C@@H](Cn1cccn1)C(=O)O.c1cn[nH]c1. The molecule has 1 aliphatic rings. The molecule has 0 bridgehead atoms. The zero-order valence-corrected chi connectivity index (χ0v) is 21.2. The van der Waals surface area contributed by atoms with Gasteiger partial charge in [-0.1, -0.05) is 0 Å². The van der Waals surface area contributed by atoms with Crippen molar-refractivity contribution < 1.29 is 38.5 Å². The largest absolute Gasteiger partial charge is 0.480 e. The Morgan fingerprint density at radius 1 is 1.14 bits per heavy atom. The summed E-state index contributed by atoms with van der Waals surface area (Å²) in [5.41, 5.74) is -1.21. The Labute approximate surface area is 208 Å². The van der Waals surface area contributed by atoms with Crippen LogP contribution in [-0.2, 0) is 30.3 Å². The fourth-order valence-electron chi connectivity index (χ4n) is 2.23. The number of aromatic amines is 1. The number of H-pyrrole nitrogens is 1. The van der Waals surface area contributed by atoms with Gasteiger partial charge in [-0.05, 0) is 53.7 Å². The molecule has 1 aliphatic heterocycles. The molecule has 4 N–H and O–H groups in total. The minimum atomic E-state index is -1.14. The van der Waals surface area contributed by atoms with Crippen molar-refractivity contribution in [1.82, 2.24) is 30.6 Å². The van der Waals surface area contributed by atoms with Crippen molar-refractivity contribution in [1.29, 1.82) is 0 Å². The van der Waals surface area contributed by atoms with Crippen molar-refractivity contribution in [3.05, 3.63) is 36.9 Å². The maximum Gasteiger partial charge on any atom is 0.408 e. The Bertz CT molecular complexity index is 931. The van der Waals surface area contributed by atoms with Crippen LogP contribution < -0.4 is 10.6 Å². The van der Waals surface area contributed by atoms with Crippen LogP contribution in [0.3, 0.4) is 0 Å². The number of cyclic esters (lactones) is 1. The Balaban J connectivity index is 0.000000311. The van der Waals surface area contributed by atoms with Crippen molar-refractivity contribution >= 4 is 24.1 Å². The summed E-state index contributed by atoms with van der Waals surface area (Å²) in [5.74, 6) is -1.55. The highest BCUT2D eigenvalue weighted by atomic mass is 16.6. The van der Waals surface area contributed by atoms with Gasteiger partial charge in [0.2, 0.25) is 0 Å². The van der Waals surface area contributed by atoms with Crippen LogP contribution in [0.25, 0.3) is 0 Å². The number of hydrogen-bond acceptors (Lipinski definition) is 9. The number of rotatable bonds is 5. The smallest absolute Gasteiger partial charge is 0.408 e. The molecule has 1 fully saturated rings. The molecule has 3 rings (SSSR count). The van der Waals surface area contributed by atoms with Crippen LogP contribution in [0.15, 0.2) is 36.9 Å². The highest BCUT2D eigenvalue weighted by Crippen LogP contribution is 2.09. The van der Waals surface area contributed by atoms with Crippen LogP contribution in [0.1, 0.15) is 41.5 Å². The van der Waals surface area contributed by atoms with Crippen molar-refractivity contribution in [2.24, 2.45) is 0 Å². The van der Waals surface area contributed by atoms with E-state index in [4.69, 9.17) is 14.6 Å². The van der Waals surface area contributed by atoms with Gasteiger partial charge >= 0.3 is 24.1 Å². The van der Waals surface area contributed by atoms with Gasteiger partial charge in [0.05, 0.1) is 6.54 Å². The molecule has 14 heteroatoms. The minimum absolute atomic E-state index is 0.0432. The molecule has 14 nitrogen and oxygen atoms in total. The lowest BCUT2D eigenvalue weighted by atomic mass is 10.2. The maximum absolute atomic E-state index is 11.5. The first kappa shape index (κ1) is 29.9. The molecular weight excluding hydrogens is 476 g/mol. The van der Waals surface area contributed by atoms with Crippen LogP contribution in [0, 0.1) is 0 Å². The lowest BCUT2D eigenvalue weighted by Gasteiger charge is -2.27. The van der Waals surface area contributed by atoms with Crippen LogP contribution in [-0.4, -0.2) is 79.1 Å². The fraction of sp³-hybridized carbons (Fsp3) is 0.545. The second-order valence-electron chi connectivity index (χ2n) is 9.36. The molecule has 36 heavy (non-hydrogen) atoms. The molecule has 1 unspecified atom stereocenters. The average Bonchev–Trinajstić information content (AvgIpc) is 3.45. The van der Waals surface area contributed by atoms with Gasteiger partial charge in [0, 0.05) is 24.8 Å². The van der Waals surface area contributed by atoms with E-state index in [2.05, 4.69) is 30.7 Å². The second-order valence-corrected chi connectivity index (χ2v) is 9.36. The quantitative estimate of drug-likeness (QED) is 0.341. The predicted molar refractivity (Wildman–Crippen MR) is 126 cm³/mol. The van der Waals surface area contributed by atoms with Crippen LogP contribution in [0.2, 0.25) is 0 Å². The highest BCUT2D eigenvalue weighted by molar-refractivity contribution is 5.85. The zero-order chi connectivity index (χ0) is 27.4. The normalized spacial score (nSPS) is 15.3. The summed E-state index contributed by atoms with van der Waals surface area (Å²) in [6, 6.07) is 1.89. The number of hydrogen-bond donors (Lipinski definition) is 4. The number of ether oxygens (including phenoxy) is 3. The van der Waals surface area contributed by atoms with E-state index in [0.717, 1.165) is 0 Å². The second kappa shape index (κ2) is 13.7. The highest BCUT2D eigenvalue weighted by Gasteiger charge is 2.33. The summed E-state index contributed by atoms with van der Waals surface area (Å²) in [7, 11) is 0. The number of amides is 2. The van der Waals surface area contributed by atoms with Crippen molar-refractivity contribution in [3.8, 4) is 0 Å². The van der Waals surface area contributed by atoms with E-state index >= 15 is 0 Å². The number of aliphatic carboxylic acids is 1. The van der Waals surface area contributed by atoms with E-state index in [1.165, 1.54) is 10.9 Å². The number of carbonyl (C=O) groups is 4. The summed E-state index contributed by atoms with van der Waals surface area (Å²) >= 11 is 0. The summed E-state index contributed by atoms with van der Waals surface area (Å²) in [6.45, 7) is 10.7. The third kappa shape index (κ3) is 13.6. The van der Waals surface area contributed by atoms with E-state index in [1.807, 2.05) is 6.07 Å². The Kier molecular flexibility index (Phi) is 11.4. The van der Waals surface area contributed by atoms with Crippen LogP contribution in [0.5, 0.6) is 0 Å². The van der Waals surface area contributed by atoms with E-state index in [9.17, 15) is 19.2 Å². The molecule has 3 heterocycles. The summed E-state index contributed by atoms with van der Waals surface area (Å²) in [6.07, 6.45) is 5.26. The molecule has 200 valence electrons. The number of carboxylic acid groups (broad SMARTS) is 1. The number of carbonyl (C=O) groups excluding carboxylic acids is 3. The first-order valence-electron chi connectivity index (χ1n) is 11.0. The molecule has 0 radical (unpaired) electrons. The van der Waals surface area contributed by atoms with E-state index in [0.29, 0.717) is 0 Å². The van der Waals surface area contributed by atoms with E-state index in [-0.39, 0.29) is 13.2 Å². The summed E-state index contributed by atoms with van der Waals surface area (Å²) < 4.78 is 15.8. The van der Waals surface area contributed by atoms with Crippen molar-refractivity contribution in [2.45, 2.75) is 71.4 Å². The van der Waals surface area contributed by atoms with Gasteiger partial charge in [-0.15, -0.1) is 0 Å². The van der Waals surface area contributed by atoms with Crippen LogP contribution in [0.4, 0.5) is 9.59 Å². The third-order valence-corrected chi connectivity index (χ3v) is 3.69. The van der Waals surface area contributed by atoms with Crippen molar-refractivity contribution in [3.63, 3.8) is 0 Å². The van der Waals surface area contributed by atoms with Crippen molar-refractivity contribution in [2.75, 3.05) is 6.61 Å². The molecule has 0 aromatic carbocycles. The number of nitrogens with one attached hydrogen (secondary N) is 3. The molecule has 2 atom stereocenters. The maximum atomic E-state index is 11.5. The average molecular weight is 511 g/mol. The number of aromatic nitrogens is 4. The lowest BCUT2D eigenvalue weighted by Crippen LogP contribution is -2.53. The van der Waals surface area contributed by atoms with Gasteiger partial charge in [-0.3, -0.25) is 9.78 Å². The Morgan fingerprint density at radius 3 is 2.14 bits per heavy atom. The molecular formula is C22H34N6O8. The Hall–Kier alpha value is -4.10. The molecule has 2 aromatic heterocycles. The fourth-order valence-corrected chi connectivity index (χ4v) is 2.23. The number of esters is 1. The summed E-state index contributed by atoms with van der Waals surface area (Å²) in [4.78, 5) is 44.2. The zero-order valence-electron chi connectivity index (χ0n) is 21.2. The third-order valence-electron chi connectivity index (χ3n) is 3.69. The topological polar surface area (TPSA) is 187 Å². The predicted octanol–water partition coefficient (Wildman–Crippen LogP) is 1.71. The van der Waals surface area contributed by atoms with Crippen LogP contribution >= 0.6 is 0 Å². The van der Waals surface area contributed by atoms with Gasteiger partial charge in [0.15, 0.2) is 6.04 Å². The molecule has 2 aromatic rings.